The summed E-state index contributed by atoms with van der Waals surface area (Å²) in [6.07, 6.45) is 2.63. The van der Waals surface area contributed by atoms with Crippen LogP contribution in [-0.4, -0.2) is 6.54 Å². The molecule has 0 fully saturated rings. The zero-order valence-corrected chi connectivity index (χ0v) is 11.5. The van der Waals surface area contributed by atoms with Crippen molar-refractivity contribution in [3.05, 3.63) is 53.1 Å². The molecule has 0 spiro atoms. The van der Waals surface area contributed by atoms with E-state index < -0.39 is 0 Å². The van der Waals surface area contributed by atoms with Crippen molar-refractivity contribution in [3.8, 4) is 11.1 Å². The van der Waals surface area contributed by atoms with Crippen LogP contribution in [-0.2, 0) is 12.8 Å². The fourth-order valence-electron chi connectivity index (χ4n) is 2.74. The predicted molar refractivity (Wildman–Crippen MR) is 78.0 cm³/mol. The van der Waals surface area contributed by atoms with E-state index in [2.05, 4.69) is 5.32 Å². The van der Waals surface area contributed by atoms with Gasteiger partial charge in [-0.1, -0.05) is 19.1 Å². The fourth-order valence-corrected chi connectivity index (χ4v) is 2.74. The Bertz CT molecular complexity index is 650. The van der Waals surface area contributed by atoms with E-state index in [1.165, 1.54) is 17.7 Å². The van der Waals surface area contributed by atoms with Gasteiger partial charge in [0.15, 0.2) is 0 Å². The van der Waals surface area contributed by atoms with Crippen molar-refractivity contribution in [1.29, 1.82) is 0 Å². The number of fused-ring (bicyclic) bond motifs is 1. The van der Waals surface area contributed by atoms with E-state index in [9.17, 15) is 8.78 Å². The predicted octanol–water partition coefficient (Wildman–Crippen LogP) is 4.55. The first-order chi connectivity index (χ1) is 9.69. The van der Waals surface area contributed by atoms with Crippen molar-refractivity contribution in [2.75, 3.05) is 11.9 Å². The van der Waals surface area contributed by atoms with Crippen molar-refractivity contribution in [2.45, 2.75) is 26.2 Å². The second-order valence-electron chi connectivity index (χ2n) is 5.18. The molecule has 0 saturated carbocycles. The largest absolute Gasteiger partial charge is 0.385 e. The summed E-state index contributed by atoms with van der Waals surface area (Å²) < 4.78 is 28.0. The lowest BCUT2D eigenvalue weighted by Gasteiger charge is -2.19. The van der Waals surface area contributed by atoms with Gasteiger partial charge in [-0.25, -0.2) is 8.78 Å². The molecule has 0 radical (unpaired) electrons. The Labute approximate surface area is 117 Å². The van der Waals surface area contributed by atoms with Gasteiger partial charge in [-0.3, -0.25) is 0 Å². The van der Waals surface area contributed by atoms with Gasteiger partial charge in [0.1, 0.15) is 11.6 Å². The van der Waals surface area contributed by atoms with Crippen LogP contribution in [0.5, 0.6) is 0 Å². The molecule has 0 atom stereocenters. The van der Waals surface area contributed by atoms with Crippen LogP contribution in [0.4, 0.5) is 14.5 Å². The monoisotopic (exact) mass is 273 g/mol. The molecular weight excluding hydrogens is 256 g/mol. The van der Waals surface area contributed by atoms with Crippen LogP contribution in [0.2, 0.25) is 0 Å². The summed E-state index contributed by atoms with van der Waals surface area (Å²) in [6.45, 7) is 2.76. The van der Waals surface area contributed by atoms with Crippen LogP contribution in [0.15, 0.2) is 30.3 Å². The number of nitrogens with one attached hydrogen (secondary N) is 1. The minimum atomic E-state index is -0.385. The number of benzene rings is 2. The Morgan fingerprint density at radius 1 is 1.15 bits per heavy atom. The summed E-state index contributed by atoms with van der Waals surface area (Å²) in [4.78, 5) is 0. The zero-order chi connectivity index (χ0) is 14.1. The van der Waals surface area contributed by atoms with E-state index in [0.717, 1.165) is 30.6 Å². The van der Waals surface area contributed by atoms with E-state index in [1.807, 2.05) is 25.1 Å². The van der Waals surface area contributed by atoms with Gasteiger partial charge in [0.05, 0.1) is 0 Å². The number of halogens is 2. The maximum Gasteiger partial charge on any atom is 0.134 e. The highest BCUT2D eigenvalue weighted by atomic mass is 19.1. The Morgan fingerprint density at radius 3 is 2.80 bits per heavy atom. The van der Waals surface area contributed by atoms with Gasteiger partial charge in [-0.2, -0.15) is 0 Å². The highest BCUT2D eigenvalue weighted by molar-refractivity contribution is 5.71. The minimum Gasteiger partial charge on any atom is -0.385 e. The number of hydrogen-bond acceptors (Lipinski definition) is 1. The van der Waals surface area contributed by atoms with E-state index in [4.69, 9.17) is 0 Å². The lowest BCUT2D eigenvalue weighted by Crippen LogP contribution is -2.11. The second-order valence-corrected chi connectivity index (χ2v) is 5.18. The topological polar surface area (TPSA) is 12.0 Å². The van der Waals surface area contributed by atoms with Crippen molar-refractivity contribution >= 4 is 5.69 Å². The first-order valence-electron chi connectivity index (χ1n) is 7.04. The summed E-state index contributed by atoms with van der Waals surface area (Å²) >= 11 is 0. The van der Waals surface area contributed by atoms with Crippen molar-refractivity contribution in [1.82, 2.24) is 0 Å². The molecule has 1 heterocycles. The molecule has 1 aliphatic rings. The van der Waals surface area contributed by atoms with Gasteiger partial charge < -0.3 is 5.32 Å². The maximum absolute atomic E-state index is 14.4. The smallest absolute Gasteiger partial charge is 0.134 e. The summed E-state index contributed by atoms with van der Waals surface area (Å²) in [5.41, 5.74) is 3.77. The van der Waals surface area contributed by atoms with Crippen LogP contribution in [0.25, 0.3) is 11.1 Å². The first kappa shape index (κ1) is 13.1. The molecule has 20 heavy (non-hydrogen) atoms. The third-order valence-corrected chi connectivity index (χ3v) is 3.85. The fraction of sp³-hybridized carbons (Fsp3) is 0.294. The van der Waals surface area contributed by atoms with E-state index in [-0.39, 0.29) is 11.6 Å². The maximum atomic E-state index is 14.4. The molecule has 0 saturated heterocycles. The lowest BCUT2D eigenvalue weighted by molar-refractivity contribution is 0.590. The molecular formula is C17H17F2N. The molecule has 3 rings (SSSR count). The van der Waals surface area contributed by atoms with Gasteiger partial charge in [0.25, 0.3) is 0 Å². The van der Waals surface area contributed by atoms with Crippen LogP contribution in [0.1, 0.15) is 24.5 Å². The Balaban J connectivity index is 2.11. The third-order valence-electron chi connectivity index (χ3n) is 3.85. The molecule has 0 aromatic heterocycles. The molecule has 0 unspecified atom stereocenters. The zero-order valence-electron chi connectivity index (χ0n) is 11.5. The van der Waals surface area contributed by atoms with Crippen molar-refractivity contribution in [3.63, 3.8) is 0 Å². The molecule has 0 bridgehead atoms. The van der Waals surface area contributed by atoms with E-state index in [0.29, 0.717) is 17.5 Å². The molecule has 1 N–H and O–H groups in total. The minimum absolute atomic E-state index is 0.315. The van der Waals surface area contributed by atoms with Crippen LogP contribution in [0, 0.1) is 11.6 Å². The standard InChI is InChI=1S/C17H17F2N/c1-2-11-8-14(18)10-15(17(11)19)13-6-5-12-4-3-7-20-16(12)9-13/h5-6,8-10,20H,2-4,7H2,1H3. The molecule has 2 aromatic rings. The molecule has 1 aliphatic heterocycles. The molecule has 0 aliphatic carbocycles. The van der Waals surface area contributed by atoms with E-state index in [1.54, 1.807) is 0 Å². The van der Waals surface area contributed by atoms with Crippen LogP contribution < -0.4 is 5.32 Å². The first-order valence-corrected chi connectivity index (χ1v) is 7.04. The highest BCUT2D eigenvalue weighted by Gasteiger charge is 2.14. The average Bonchev–Trinajstić information content (AvgIpc) is 2.48. The third kappa shape index (κ3) is 2.28. The Morgan fingerprint density at radius 2 is 2.00 bits per heavy atom. The molecule has 2 aromatic carbocycles. The number of hydrogen-bond donors (Lipinski definition) is 1. The number of rotatable bonds is 2. The molecule has 104 valence electrons. The molecule has 0 amide bonds. The number of aryl methyl sites for hydroxylation is 2. The summed E-state index contributed by atoms with van der Waals surface area (Å²) in [5, 5.41) is 3.32. The number of anilines is 1. The quantitative estimate of drug-likeness (QED) is 0.846. The van der Waals surface area contributed by atoms with E-state index >= 15 is 0 Å². The van der Waals surface area contributed by atoms with Gasteiger partial charge in [-0.05, 0) is 54.2 Å². The summed E-state index contributed by atoms with van der Waals surface area (Å²) in [5.74, 6) is -0.700. The average molecular weight is 273 g/mol. The second kappa shape index (κ2) is 5.23. The molecule has 1 nitrogen and oxygen atoms in total. The van der Waals surface area contributed by atoms with Crippen LogP contribution >= 0.6 is 0 Å². The summed E-state index contributed by atoms with van der Waals surface area (Å²) in [7, 11) is 0. The Hall–Kier alpha value is -1.90. The Kier molecular flexibility index (Phi) is 3.43. The van der Waals surface area contributed by atoms with Gasteiger partial charge in [0, 0.05) is 17.8 Å². The summed E-state index contributed by atoms with van der Waals surface area (Å²) in [6, 6.07) is 8.36. The van der Waals surface area contributed by atoms with Crippen molar-refractivity contribution < 1.29 is 8.78 Å². The highest BCUT2D eigenvalue weighted by Crippen LogP contribution is 2.31. The van der Waals surface area contributed by atoms with Gasteiger partial charge in [0.2, 0.25) is 0 Å². The van der Waals surface area contributed by atoms with Gasteiger partial charge in [-0.15, -0.1) is 0 Å². The lowest BCUT2D eigenvalue weighted by atomic mass is 9.96. The van der Waals surface area contributed by atoms with Crippen LogP contribution in [0.3, 0.4) is 0 Å². The van der Waals surface area contributed by atoms with Crippen molar-refractivity contribution in [2.24, 2.45) is 0 Å². The molecule has 3 heteroatoms. The normalized spacial score (nSPS) is 13.8. The van der Waals surface area contributed by atoms with Gasteiger partial charge >= 0.3 is 0 Å². The SMILES string of the molecule is CCc1cc(F)cc(-c2ccc3c(c2)NCCC3)c1F.